The molecule has 0 radical (unpaired) electrons. The summed E-state index contributed by atoms with van der Waals surface area (Å²) in [5.74, 6) is -0.0586. The average molecular weight is 639 g/mol. The lowest BCUT2D eigenvalue weighted by Crippen LogP contribution is -2.27. The lowest BCUT2D eigenvalue weighted by Gasteiger charge is -2.22. The quantitative estimate of drug-likeness (QED) is 0.147. The molecular formula is C36H35FN4O4S. The van der Waals surface area contributed by atoms with Crippen molar-refractivity contribution in [2.75, 3.05) is 33.4 Å². The number of aliphatic hydroxyl groups is 1. The van der Waals surface area contributed by atoms with E-state index in [-0.39, 0.29) is 24.7 Å². The van der Waals surface area contributed by atoms with E-state index in [0.29, 0.717) is 37.6 Å². The fourth-order valence-corrected chi connectivity index (χ4v) is 7.55. The SMILES string of the molecule is C=CC(=O)N1CC[C@H](n2cc(-c3nc(-c4ccc5c(c4)CCC(O)C5)c4ccsc4c3-c3ccc(F)cc3OCCOC)cn2)C1. The van der Waals surface area contributed by atoms with Gasteiger partial charge in [0.2, 0.25) is 5.91 Å². The molecule has 236 valence electrons. The van der Waals surface area contributed by atoms with E-state index in [2.05, 4.69) is 36.2 Å². The molecule has 1 aliphatic heterocycles. The van der Waals surface area contributed by atoms with E-state index in [0.717, 1.165) is 57.3 Å². The van der Waals surface area contributed by atoms with Crippen LogP contribution in [0.4, 0.5) is 4.39 Å². The first-order valence-electron chi connectivity index (χ1n) is 15.5. The van der Waals surface area contributed by atoms with Crippen LogP contribution >= 0.6 is 11.3 Å². The van der Waals surface area contributed by atoms with Crippen molar-refractivity contribution in [2.45, 2.75) is 37.8 Å². The summed E-state index contributed by atoms with van der Waals surface area (Å²) in [7, 11) is 1.60. The van der Waals surface area contributed by atoms with Gasteiger partial charge in [-0.15, -0.1) is 11.3 Å². The van der Waals surface area contributed by atoms with Crippen LogP contribution in [0, 0.1) is 5.82 Å². The van der Waals surface area contributed by atoms with Gasteiger partial charge >= 0.3 is 0 Å². The highest BCUT2D eigenvalue weighted by Crippen LogP contribution is 2.46. The summed E-state index contributed by atoms with van der Waals surface area (Å²) in [6.07, 6.45) is 7.86. The maximum Gasteiger partial charge on any atom is 0.246 e. The topological polar surface area (TPSA) is 89.7 Å². The molecule has 8 nitrogen and oxygen atoms in total. The van der Waals surface area contributed by atoms with E-state index in [4.69, 9.17) is 19.6 Å². The fraction of sp³-hybridized carbons (Fsp3) is 0.306. The fourth-order valence-electron chi connectivity index (χ4n) is 6.59. The Balaban J connectivity index is 1.39. The monoisotopic (exact) mass is 638 g/mol. The highest BCUT2D eigenvalue weighted by atomic mass is 32.1. The number of hydrogen-bond acceptors (Lipinski definition) is 7. The van der Waals surface area contributed by atoms with E-state index >= 15 is 0 Å². The first-order chi connectivity index (χ1) is 22.4. The standard InChI is InChI=1S/C36H35FN4O4S/c1-3-32(43)40-12-10-27(21-40)41-20-25(19-38-41)35-33(29-9-7-26(37)18-31(29)45-14-13-44-2)36-30(11-15-46-36)34(39-35)24-5-4-23-17-28(42)8-6-22(23)16-24/h3-5,7,9,11,15-16,18-20,27-28,42H,1,6,8,10,12-14,17,21H2,2H3/t27-,28?/m0/s1. The van der Waals surface area contributed by atoms with E-state index in [1.165, 1.54) is 29.3 Å². The van der Waals surface area contributed by atoms with Gasteiger partial charge in [0, 0.05) is 64.8 Å². The molecule has 7 rings (SSSR count). The van der Waals surface area contributed by atoms with Gasteiger partial charge in [-0.25, -0.2) is 9.37 Å². The molecule has 5 aromatic rings. The van der Waals surface area contributed by atoms with Gasteiger partial charge in [0.05, 0.1) is 36.3 Å². The molecule has 10 heteroatoms. The van der Waals surface area contributed by atoms with Crippen LogP contribution in [0.5, 0.6) is 5.75 Å². The number of aromatic nitrogens is 3. The number of benzene rings is 2. The van der Waals surface area contributed by atoms with Crippen LogP contribution < -0.4 is 4.74 Å². The number of rotatable bonds is 9. The number of nitrogens with zero attached hydrogens (tertiary/aromatic N) is 4. The molecule has 1 amide bonds. The third kappa shape index (κ3) is 5.72. The second-order valence-electron chi connectivity index (χ2n) is 11.8. The molecule has 0 spiro atoms. The van der Waals surface area contributed by atoms with Crippen LogP contribution in [0.2, 0.25) is 0 Å². The number of ether oxygens (including phenoxy) is 2. The minimum absolute atomic E-state index is 0.0285. The van der Waals surface area contributed by atoms with E-state index in [1.54, 1.807) is 29.4 Å². The Hall–Kier alpha value is -4.38. The number of thiophene rings is 1. The molecular weight excluding hydrogens is 603 g/mol. The predicted octanol–water partition coefficient (Wildman–Crippen LogP) is 6.47. The van der Waals surface area contributed by atoms with Crippen molar-refractivity contribution < 1.29 is 23.8 Å². The van der Waals surface area contributed by atoms with Crippen molar-refractivity contribution in [1.82, 2.24) is 19.7 Å². The summed E-state index contributed by atoms with van der Waals surface area (Å²) < 4.78 is 28.8. The smallest absolute Gasteiger partial charge is 0.246 e. The third-order valence-electron chi connectivity index (χ3n) is 8.95. The van der Waals surface area contributed by atoms with E-state index in [9.17, 15) is 14.3 Å². The number of aliphatic hydroxyl groups excluding tert-OH is 1. The van der Waals surface area contributed by atoms with Gasteiger partial charge < -0.3 is 19.5 Å². The Morgan fingerprint density at radius 2 is 2.02 bits per heavy atom. The first kappa shape index (κ1) is 30.3. The Bertz CT molecular complexity index is 1930. The minimum atomic E-state index is -0.392. The molecule has 1 aliphatic carbocycles. The number of aryl methyl sites for hydroxylation is 1. The molecule has 4 heterocycles. The Morgan fingerprint density at radius 3 is 2.87 bits per heavy atom. The van der Waals surface area contributed by atoms with Crippen molar-refractivity contribution in [3.63, 3.8) is 0 Å². The van der Waals surface area contributed by atoms with Gasteiger partial charge in [0.15, 0.2) is 0 Å². The highest BCUT2D eigenvalue weighted by Gasteiger charge is 2.28. The molecule has 1 unspecified atom stereocenters. The van der Waals surface area contributed by atoms with Gasteiger partial charge in [-0.1, -0.05) is 18.7 Å². The van der Waals surface area contributed by atoms with Crippen molar-refractivity contribution in [3.05, 3.63) is 89.8 Å². The normalized spacial score (nSPS) is 17.8. The Labute approximate surface area is 270 Å². The van der Waals surface area contributed by atoms with Crippen molar-refractivity contribution in [1.29, 1.82) is 0 Å². The molecule has 0 saturated carbocycles. The number of pyridine rings is 1. The van der Waals surface area contributed by atoms with Crippen molar-refractivity contribution >= 4 is 27.3 Å². The summed E-state index contributed by atoms with van der Waals surface area (Å²) in [5, 5.41) is 18.0. The Kier molecular flexibility index (Phi) is 8.42. The molecule has 46 heavy (non-hydrogen) atoms. The molecule has 3 aromatic heterocycles. The van der Waals surface area contributed by atoms with E-state index < -0.39 is 5.82 Å². The number of fused-ring (bicyclic) bond motifs is 2. The first-order valence-corrected chi connectivity index (χ1v) is 16.4. The second kappa shape index (κ2) is 12.8. The molecule has 2 aromatic carbocycles. The molecule has 1 saturated heterocycles. The van der Waals surface area contributed by atoms with Crippen LogP contribution in [0.1, 0.15) is 30.0 Å². The minimum Gasteiger partial charge on any atom is -0.490 e. The lowest BCUT2D eigenvalue weighted by molar-refractivity contribution is -0.125. The summed E-state index contributed by atoms with van der Waals surface area (Å²) >= 11 is 1.61. The zero-order chi connectivity index (χ0) is 31.8. The summed E-state index contributed by atoms with van der Waals surface area (Å²) in [4.78, 5) is 19.4. The van der Waals surface area contributed by atoms with Crippen LogP contribution in [-0.2, 0) is 22.4 Å². The zero-order valence-electron chi connectivity index (χ0n) is 25.6. The Morgan fingerprint density at radius 1 is 1.13 bits per heavy atom. The van der Waals surface area contributed by atoms with Crippen LogP contribution in [0.3, 0.4) is 0 Å². The highest BCUT2D eigenvalue weighted by molar-refractivity contribution is 7.18. The maximum absolute atomic E-state index is 14.6. The molecule has 0 bridgehead atoms. The van der Waals surface area contributed by atoms with Crippen molar-refractivity contribution in [3.8, 4) is 39.4 Å². The van der Waals surface area contributed by atoms with Gasteiger partial charge in [-0.3, -0.25) is 9.48 Å². The zero-order valence-corrected chi connectivity index (χ0v) is 26.4. The molecule has 1 N–H and O–H groups in total. The lowest BCUT2D eigenvalue weighted by atomic mass is 9.87. The summed E-state index contributed by atoms with van der Waals surface area (Å²) in [6.45, 7) is 5.46. The van der Waals surface area contributed by atoms with E-state index in [1.807, 2.05) is 17.1 Å². The van der Waals surface area contributed by atoms with Crippen LogP contribution in [-0.4, -0.2) is 70.2 Å². The summed E-state index contributed by atoms with van der Waals surface area (Å²) in [5.41, 5.74) is 7.36. The molecule has 2 aliphatic rings. The number of methoxy groups -OCH3 is 1. The van der Waals surface area contributed by atoms with Gasteiger partial charge in [-0.05, 0) is 72.5 Å². The number of hydrogen-bond donors (Lipinski definition) is 1. The summed E-state index contributed by atoms with van der Waals surface area (Å²) in [6, 6.07) is 13.1. The number of amides is 1. The molecule has 2 atom stereocenters. The van der Waals surface area contributed by atoms with Crippen LogP contribution in [0.15, 0.2) is 72.9 Å². The second-order valence-corrected chi connectivity index (χ2v) is 12.8. The number of carbonyl (C=O) groups excluding carboxylic acids is 1. The third-order valence-corrected chi connectivity index (χ3v) is 9.88. The average Bonchev–Trinajstić information content (AvgIpc) is 3.85. The predicted molar refractivity (Wildman–Crippen MR) is 178 cm³/mol. The van der Waals surface area contributed by atoms with Gasteiger partial charge in [0.25, 0.3) is 0 Å². The van der Waals surface area contributed by atoms with Gasteiger partial charge in [-0.2, -0.15) is 5.10 Å². The van der Waals surface area contributed by atoms with Crippen LogP contribution in [0.25, 0.3) is 43.7 Å². The largest absolute Gasteiger partial charge is 0.490 e. The van der Waals surface area contributed by atoms with Crippen molar-refractivity contribution in [2.24, 2.45) is 0 Å². The molecule has 1 fully saturated rings. The number of carbonyl (C=O) groups is 1. The van der Waals surface area contributed by atoms with Gasteiger partial charge in [0.1, 0.15) is 18.2 Å². The maximum atomic E-state index is 14.6. The number of halogens is 1. The number of likely N-dealkylation sites (tertiary alicyclic amines) is 1.